The number of hydrogen-bond acceptors (Lipinski definition) is 5. The second-order valence-electron chi connectivity index (χ2n) is 5.38. The minimum absolute atomic E-state index is 0.153. The fourth-order valence-electron chi connectivity index (χ4n) is 2.39. The molecule has 2 aromatic rings. The van der Waals surface area contributed by atoms with Crippen molar-refractivity contribution in [3.05, 3.63) is 53.1 Å². The van der Waals surface area contributed by atoms with E-state index in [0.717, 1.165) is 23.8 Å². The Hall–Kier alpha value is -3.00. The van der Waals surface area contributed by atoms with Gasteiger partial charge in [-0.25, -0.2) is 4.98 Å². The molecular weight excluding hydrogens is 340 g/mol. The Kier molecular flexibility index (Phi) is 4.90. The third-order valence-electron chi connectivity index (χ3n) is 3.58. The quantitative estimate of drug-likeness (QED) is 0.731. The van der Waals surface area contributed by atoms with Crippen LogP contribution in [0.15, 0.2) is 36.9 Å². The lowest BCUT2D eigenvalue weighted by atomic mass is 10.2. The van der Waals surface area contributed by atoms with Gasteiger partial charge in [0.15, 0.2) is 5.13 Å². The van der Waals surface area contributed by atoms with Crippen LogP contribution in [-0.4, -0.2) is 29.3 Å². The van der Waals surface area contributed by atoms with Crippen LogP contribution in [0, 0.1) is 0 Å². The third kappa shape index (κ3) is 3.92. The average molecular weight is 356 g/mol. The first-order chi connectivity index (χ1) is 12.1. The third-order valence-corrected chi connectivity index (χ3v) is 4.59. The van der Waals surface area contributed by atoms with Gasteiger partial charge < -0.3 is 10.6 Å². The zero-order chi connectivity index (χ0) is 17.8. The van der Waals surface area contributed by atoms with Gasteiger partial charge in [0.2, 0.25) is 5.91 Å². The highest BCUT2D eigenvalue weighted by Gasteiger charge is 2.21. The van der Waals surface area contributed by atoms with Crippen LogP contribution in [-0.2, 0) is 11.2 Å². The summed E-state index contributed by atoms with van der Waals surface area (Å²) in [5, 5.41) is 8.49. The summed E-state index contributed by atoms with van der Waals surface area (Å²) in [6, 6.07) is 6.53. The lowest BCUT2D eigenvalue weighted by Gasteiger charge is -2.05. The summed E-state index contributed by atoms with van der Waals surface area (Å²) in [5.74, 6) is -0.870. The Balaban J connectivity index is 1.75. The predicted octanol–water partition coefficient (Wildman–Crippen LogP) is 2.20. The average Bonchev–Trinajstić information content (AvgIpc) is 2.93. The van der Waals surface area contributed by atoms with Gasteiger partial charge in [-0.05, 0) is 37.1 Å². The van der Waals surface area contributed by atoms with Crippen LogP contribution in [0.4, 0.5) is 10.8 Å². The SMILES string of the molecule is C=CC(=O)Nc1cccc(C(=O)Nc2nc3c(s2)C(=O)NCCC3)c1. The molecule has 8 heteroatoms. The second-order valence-corrected chi connectivity index (χ2v) is 6.38. The van der Waals surface area contributed by atoms with Gasteiger partial charge in [0.05, 0.1) is 5.69 Å². The molecule has 2 heterocycles. The molecule has 1 aliphatic heterocycles. The van der Waals surface area contributed by atoms with Crippen LogP contribution in [0.2, 0.25) is 0 Å². The van der Waals surface area contributed by atoms with Crippen molar-refractivity contribution in [1.82, 2.24) is 10.3 Å². The van der Waals surface area contributed by atoms with Gasteiger partial charge in [-0.3, -0.25) is 19.7 Å². The minimum atomic E-state index is -0.362. The first-order valence-corrected chi connectivity index (χ1v) is 8.51. The van der Waals surface area contributed by atoms with E-state index in [1.54, 1.807) is 24.3 Å². The Morgan fingerprint density at radius 3 is 2.96 bits per heavy atom. The lowest BCUT2D eigenvalue weighted by molar-refractivity contribution is -0.111. The Bertz CT molecular complexity index is 859. The maximum Gasteiger partial charge on any atom is 0.263 e. The summed E-state index contributed by atoms with van der Waals surface area (Å²) in [6.07, 6.45) is 2.67. The molecule has 0 saturated heterocycles. The minimum Gasteiger partial charge on any atom is -0.351 e. The molecule has 7 nitrogen and oxygen atoms in total. The van der Waals surface area contributed by atoms with E-state index in [-0.39, 0.29) is 17.7 Å². The topological polar surface area (TPSA) is 100 Å². The van der Waals surface area contributed by atoms with Gasteiger partial charge in [-0.1, -0.05) is 24.0 Å². The van der Waals surface area contributed by atoms with Crippen molar-refractivity contribution in [3.63, 3.8) is 0 Å². The van der Waals surface area contributed by atoms with E-state index < -0.39 is 0 Å². The maximum absolute atomic E-state index is 12.4. The highest BCUT2D eigenvalue weighted by atomic mass is 32.1. The summed E-state index contributed by atoms with van der Waals surface area (Å²) in [6.45, 7) is 4.02. The van der Waals surface area contributed by atoms with Gasteiger partial charge in [-0.2, -0.15) is 0 Å². The van der Waals surface area contributed by atoms with Crippen molar-refractivity contribution in [2.45, 2.75) is 12.8 Å². The van der Waals surface area contributed by atoms with Crippen LogP contribution in [0.1, 0.15) is 32.1 Å². The summed E-state index contributed by atoms with van der Waals surface area (Å²) >= 11 is 1.16. The van der Waals surface area contributed by atoms with E-state index in [4.69, 9.17) is 0 Å². The summed E-state index contributed by atoms with van der Waals surface area (Å²) in [5.41, 5.74) is 1.57. The molecule has 0 unspecified atom stereocenters. The number of aryl methyl sites for hydroxylation is 1. The van der Waals surface area contributed by atoms with Gasteiger partial charge in [-0.15, -0.1) is 0 Å². The summed E-state index contributed by atoms with van der Waals surface area (Å²) in [7, 11) is 0. The molecular formula is C17H16N4O3S. The van der Waals surface area contributed by atoms with Gasteiger partial charge >= 0.3 is 0 Å². The molecule has 3 N–H and O–H groups in total. The molecule has 0 aliphatic carbocycles. The molecule has 0 bridgehead atoms. The fraction of sp³-hybridized carbons (Fsp3) is 0.176. The molecule has 1 aromatic carbocycles. The molecule has 3 rings (SSSR count). The van der Waals surface area contributed by atoms with Crippen molar-refractivity contribution in [2.24, 2.45) is 0 Å². The first kappa shape index (κ1) is 16.8. The van der Waals surface area contributed by atoms with Crippen LogP contribution in [0.5, 0.6) is 0 Å². The Morgan fingerprint density at radius 2 is 2.16 bits per heavy atom. The highest BCUT2D eigenvalue weighted by Crippen LogP contribution is 2.26. The number of hydrogen-bond donors (Lipinski definition) is 3. The van der Waals surface area contributed by atoms with Crippen molar-refractivity contribution >= 4 is 39.9 Å². The number of anilines is 2. The fourth-order valence-corrected chi connectivity index (χ4v) is 3.31. The zero-order valence-electron chi connectivity index (χ0n) is 13.3. The number of rotatable bonds is 4. The predicted molar refractivity (Wildman–Crippen MR) is 96.0 cm³/mol. The van der Waals surface area contributed by atoms with E-state index in [1.807, 2.05) is 0 Å². The van der Waals surface area contributed by atoms with Crippen molar-refractivity contribution in [3.8, 4) is 0 Å². The number of aromatic nitrogens is 1. The van der Waals surface area contributed by atoms with Crippen molar-refractivity contribution < 1.29 is 14.4 Å². The molecule has 1 aliphatic rings. The summed E-state index contributed by atoms with van der Waals surface area (Å²) in [4.78, 5) is 40.6. The Morgan fingerprint density at radius 1 is 1.32 bits per heavy atom. The zero-order valence-corrected chi connectivity index (χ0v) is 14.1. The monoisotopic (exact) mass is 356 g/mol. The molecule has 0 fully saturated rings. The van der Waals surface area contributed by atoms with E-state index in [1.165, 1.54) is 0 Å². The maximum atomic E-state index is 12.4. The van der Waals surface area contributed by atoms with E-state index >= 15 is 0 Å². The number of nitrogens with one attached hydrogen (secondary N) is 3. The standard InChI is InChI=1S/C17H16N4O3S/c1-2-13(22)19-11-6-3-5-10(9-11)15(23)21-17-20-12-7-4-8-18-16(24)14(12)25-17/h2-3,5-6,9H,1,4,7-8H2,(H,18,24)(H,19,22)(H,20,21,23). The second kappa shape index (κ2) is 7.27. The number of carbonyl (C=O) groups excluding carboxylic acids is 3. The smallest absolute Gasteiger partial charge is 0.263 e. The van der Waals surface area contributed by atoms with Crippen LogP contribution < -0.4 is 16.0 Å². The number of thiazole rings is 1. The van der Waals surface area contributed by atoms with Crippen molar-refractivity contribution in [1.29, 1.82) is 0 Å². The number of benzene rings is 1. The number of fused-ring (bicyclic) bond motifs is 1. The normalized spacial score (nSPS) is 13.2. The molecule has 25 heavy (non-hydrogen) atoms. The van der Waals surface area contributed by atoms with Crippen LogP contribution in [0.3, 0.4) is 0 Å². The lowest BCUT2D eigenvalue weighted by Crippen LogP contribution is -2.21. The van der Waals surface area contributed by atoms with Gasteiger partial charge in [0.25, 0.3) is 11.8 Å². The number of nitrogens with zero attached hydrogens (tertiary/aromatic N) is 1. The largest absolute Gasteiger partial charge is 0.351 e. The van der Waals surface area contributed by atoms with E-state index in [9.17, 15) is 14.4 Å². The molecule has 3 amide bonds. The Labute approximate surface area is 148 Å². The van der Waals surface area contributed by atoms with Gasteiger partial charge in [0, 0.05) is 17.8 Å². The molecule has 0 atom stereocenters. The van der Waals surface area contributed by atoms with Crippen LogP contribution in [0.25, 0.3) is 0 Å². The molecule has 128 valence electrons. The van der Waals surface area contributed by atoms with Crippen LogP contribution >= 0.6 is 11.3 Å². The highest BCUT2D eigenvalue weighted by molar-refractivity contribution is 7.17. The summed E-state index contributed by atoms with van der Waals surface area (Å²) < 4.78 is 0. The van der Waals surface area contributed by atoms with E-state index in [0.29, 0.717) is 39.9 Å². The first-order valence-electron chi connectivity index (χ1n) is 7.69. The molecule has 1 aromatic heterocycles. The van der Waals surface area contributed by atoms with Gasteiger partial charge in [0.1, 0.15) is 4.88 Å². The molecule has 0 saturated carbocycles. The molecule has 0 spiro atoms. The number of carbonyl (C=O) groups is 3. The molecule has 0 radical (unpaired) electrons. The van der Waals surface area contributed by atoms with E-state index in [2.05, 4.69) is 27.5 Å². The van der Waals surface area contributed by atoms with Crippen molar-refractivity contribution in [2.75, 3.05) is 17.2 Å². The number of amides is 3.